The first-order valence-electron chi connectivity index (χ1n) is 8.73. The van der Waals surface area contributed by atoms with Crippen LogP contribution >= 0.6 is 11.6 Å². The topological polar surface area (TPSA) is 77.1 Å². The minimum atomic E-state index is -0.138. The van der Waals surface area contributed by atoms with Gasteiger partial charge in [-0.1, -0.05) is 35.9 Å². The third kappa shape index (κ3) is 3.88. The summed E-state index contributed by atoms with van der Waals surface area (Å²) in [5.41, 5.74) is 2.21. The van der Waals surface area contributed by atoms with Gasteiger partial charge in [-0.25, -0.2) is 0 Å². The smallest absolute Gasteiger partial charge is 0.278 e. The third-order valence-electron chi connectivity index (χ3n) is 4.53. The molecule has 1 aromatic heterocycles. The molecule has 1 fully saturated rings. The number of carbonyl (C=O) groups is 1. The highest BCUT2D eigenvalue weighted by atomic mass is 35.5. The predicted octanol–water partition coefficient (Wildman–Crippen LogP) is 3.16. The van der Waals surface area contributed by atoms with E-state index in [1.807, 2.05) is 30.3 Å². The van der Waals surface area contributed by atoms with E-state index in [-0.39, 0.29) is 11.6 Å². The summed E-state index contributed by atoms with van der Waals surface area (Å²) in [5.74, 6) is 0.258. The standard InChI is InChI=1S/C19H19ClN6O/c20-14-5-4-6-15(13-14)21-18-17(22-24-23-18)19(27)26-11-9-25(10-12-26)16-7-2-1-3-8-16/h1-8,13H,9-12H2,(H2,21,22,23,24). The zero-order valence-corrected chi connectivity index (χ0v) is 15.4. The second-order valence-electron chi connectivity index (χ2n) is 6.27. The summed E-state index contributed by atoms with van der Waals surface area (Å²) in [6, 6.07) is 17.5. The molecule has 3 aromatic rings. The summed E-state index contributed by atoms with van der Waals surface area (Å²) in [6.07, 6.45) is 0. The summed E-state index contributed by atoms with van der Waals surface area (Å²) in [7, 11) is 0. The molecule has 8 heteroatoms. The Hall–Kier alpha value is -3.06. The number of benzene rings is 2. The minimum Gasteiger partial charge on any atom is -0.368 e. The van der Waals surface area contributed by atoms with Crippen LogP contribution in [0.25, 0.3) is 0 Å². The van der Waals surface area contributed by atoms with Crippen LogP contribution in [0.3, 0.4) is 0 Å². The second kappa shape index (κ2) is 7.67. The molecule has 0 radical (unpaired) electrons. The Kier molecular flexibility index (Phi) is 4.93. The highest BCUT2D eigenvalue weighted by Crippen LogP contribution is 2.22. The number of nitrogens with one attached hydrogen (secondary N) is 2. The zero-order valence-electron chi connectivity index (χ0n) is 14.6. The van der Waals surface area contributed by atoms with Crippen molar-refractivity contribution in [2.45, 2.75) is 0 Å². The van der Waals surface area contributed by atoms with Gasteiger partial charge in [-0.2, -0.15) is 5.21 Å². The maximum Gasteiger partial charge on any atom is 0.278 e. The number of H-pyrrole nitrogens is 1. The number of piperazine rings is 1. The summed E-state index contributed by atoms with van der Waals surface area (Å²) in [4.78, 5) is 17.0. The number of aromatic amines is 1. The van der Waals surface area contributed by atoms with Crippen LogP contribution in [0.4, 0.5) is 17.2 Å². The van der Waals surface area contributed by atoms with E-state index in [1.54, 1.807) is 17.0 Å². The number of aromatic nitrogens is 3. The average Bonchev–Trinajstić information content (AvgIpc) is 3.16. The van der Waals surface area contributed by atoms with Gasteiger partial charge in [0.1, 0.15) is 0 Å². The van der Waals surface area contributed by atoms with Crippen molar-refractivity contribution in [2.75, 3.05) is 36.4 Å². The van der Waals surface area contributed by atoms with Gasteiger partial charge in [-0.3, -0.25) is 4.79 Å². The molecule has 1 aliphatic rings. The monoisotopic (exact) mass is 382 g/mol. The van der Waals surface area contributed by atoms with E-state index in [9.17, 15) is 4.79 Å². The number of rotatable bonds is 4. The lowest BCUT2D eigenvalue weighted by Crippen LogP contribution is -2.49. The summed E-state index contributed by atoms with van der Waals surface area (Å²) in [6.45, 7) is 2.84. The molecule has 1 aliphatic heterocycles. The Morgan fingerprint density at radius 1 is 1.00 bits per heavy atom. The zero-order chi connectivity index (χ0) is 18.6. The molecular weight excluding hydrogens is 364 g/mol. The van der Waals surface area contributed by atoms with E-state index < -0.39 is 0 Å². The molecular formula is C19H19ClN6O. The lowest BCUT2D eigenvalue weighted by molar-refractivity contribution is 0.0742. The number of halogens is 1. The van der Waals surface area contributed by atoms with Crippen molar-refractivity contribution in [3.8, 4) is 0 Å². The first-order valence-corrected chi connectivity index (χ1v) is 9.11. The third-order valence-corrected chi connectivity index (χ3v) is 4.76. The SMILES string of the molecule is O=C(c1n[nH]nc1Nc1cccc(Cl)c1)N1CCN(c2ccccc2)CC1. The number of anilines is 3. The molecule has 0 saturated carbocycles. The highest BCUT2D eigenvalue weighted by molar-refractivity contribution is 6.30. The molecule has 0 unspecified atom stereocenters. The number of hydrogen-bond donors (Lipinski definition) is 2. The predicted molar refractivity (Wildman–Crippen MR) is 106 cm³/mol. The summed E-state index contributed by atoms with van der Waals surface area (Å²) in [5, 5.41) is 14.4. The quantitative estimate of drug-likeness (QED) is 0.724. The van der Waals surface area contributed by atoms with Crippen LogP contribution in [0.15, 0.2) is 54.6 Å². The van der Waals surface area contributed by atoms with Gasteiger partial charge in [-0.15, -0.1) is 10.2 Å². The van der Waals surface area contributed by atoms with E-state index >= 15 is 0 Å². The number of nitrogens with zero attached hydrogens (tertiary/aromatic N) is 4. The number of hydrogen-bond acceptors (Lipinski definition) is 5. The Morgan fingerprint density at radius 2 is 1.78 bits per heavy atom. The molecule has 4 rings (SSSR count). The minimum absolute atomic E-state index is 0.138. The van der Waals surface area contributed by atoms with Gasteiger partial charge < -0.3 is 15.1 Å². The number of para-hydroxylation sites is 1. The second-order valence-corrected chi connectivity index (χ2v) is 6.71. The van der Waals surface area contributed by atoms with Crippen LogP contribution in [0.2, 0.25) is 5.02 Å². The fraction of sp³-hybridized carbons (Fsp3) is 0.211. The molecule has 0 spiro atoms. The van der Waals surface area contributed by atoms with Crippen molar-refractivity contribution in [3.05, 3.63) is 65.3 Å². The van der Waals surface area contributed by atoms with Crippen molar-refractivity contribution >= 4 is 34.7 Å². The van der Waals surface area contributed by atoms with Gasteiger partial charge in [0.15, 0.2) is 11.5 Å². The van der Waals surface area contributed by atoms with Gasteiger partial charge >= 0.3 is 0 Å². The molecule has 0 bridgehead atoms. The molecule has 2 N–H and O–H groups in total. The first-order chi connectivity index (χ1) is 13.2. The highest BCUT2D eigenvalue weighted by Gasteiger charge is 2.26. The van der Waals surface area contributed by atoms with Gasteiger partial charge in [0.25, 0.3) is 5.91 Å². The molecule has 1 saturated heterocycles. The van der Waals surface area contributed by atoms with E-state index in [0.717, 1.165) is 18.8 Å². The first kappa shape index (κ1) is 17.4. The molecule has 7 nitrogen and oxygen atoms in total. The number of amides is 1. The van der Waals surface area contributed by atoms with Gasteiger partial charge in [0.2, 0.25) is 0 Å². The van der Waals surface area contributed by atoms with Gasteiger partial charge in [-0.05, 0) is 30.3 Å². The van der Waals surface area contributed by atoms with Crippen LogP contribution in [-0.4, -0.2) is 52.4 Å². The van der Waals surface area contributed by atoms with Gasteiger partial charge in [0.05, 0.1) is 0 Å². The average molecular weight is 383 g/mol. The van der Waals surface area contributed by atoms with Crippen LogP contribution in [0, 0.1) is 0 Å². The maximum atomic E-state index is 12.9. The van der Waals surface area contributed by atoms with Crippen molar-refractivity contribution in [1.82, 2.24) is 20.3 Å². The summed E-state index contributed by atoms with van der Waals surface area (Å²) < 4.78 is 0. The molecule has 2 aromatic carbocycles. The molecule has 27 heavy (non-hydrogen) atoms. The van der Waals surface area contributed by atoms with Crippen molar-refractivity contribution in [3.63, 3.8) is 0 Å². The Bertz CT molecular complexity index is 921. The Labute approximate surface area is 161 Å². The van der Waals surface area contributed by atoms with Gasteiger partial charge in [0, 0.05) is 42.6 Å². The van der Waals surface area contributed by atoms with Crippen LogP contribution < -0.4 is 10.2 Å². The Morgan fingerprint density at radius 3 is 2.52 bits per heavy atom. The fourth-order valence-corrected chi connectivity index (χ4v) is 3.32. The molecule has 1 amide bonds. The molecule has 0 aliphatic carbocycles. The lowest BCUT2D eigenvalue weighted by atomic mass is 10.2. The van der Waals surface area contributed by atoms with E-state index in [0.29, 0.717) is 23.9 Å². The van der Waals surface area contributed by atoms with Crippen molar-refractivity contribution < 1.29 is 4.79 Å². The van der Waals surface area contributed by atoms with Crippen molar-refractivity contribution in [1.29, 1.82) is 0 Å². The normalized spacial score (nSPS) is 14.3. The van der Waals surface area contributed by atoms with Crippen LogP contribution in [-0.2, 0) is 0 Å². The molecule has 2 heterocycles. The largest absolute Gasteiger partial charge is 0.368 e. The maximum absolute atomic E-state index is 12.9. The summed E-state index contributed by atoms with van der Waals surface area (Å²) >= 11 is 6.01. The fourth-order valence-electron chi connectivity index (χ4n) is 3.13. The van der Waals surface area contributed by atoms with Crippen LogP contribution in [0.1, 0.15) is 10.5 Å². The van der Waals surface area contributed by atoms with E-state index in [1.165, 1.54) is 5.69 Å². The molecule has 0 atom stereocenters. The lowest BCUT2D eigenvalue weighted by Gasteiger charge is -2.35. The van der Waals surface area contributed by atoms with E-state index in [4.69, 9.17) is 11.6 Å². The van der Waals surface area contributed by atoms with Crippen molar-refractivity contribution in [2.24, 2.45) is 0 Å². The number of carbonyl (C=O) groups excluding carboxylic acids is 1. The molecule has 138 valence electrons. The van der Waals surface area contributed by atoms with E-state index in [2.05, 4.69) is 37.8 Å². The Balaban J connectivity index is 1.43. The van der Waals surface area contributed by atoms with Crippen LogP contribution in [0.5, 0.6) is 0 Å².